The molecule has 1 atom stereocenters. The highest BCUT2D eigenvalue weighted by molar-refractivity contribution is 7.09. The zero-order valence-corrected chi connectivity index (χ0v) is 11.6. The van der Waals surface area contributed by atoms with Crippen LogP contribution in [0.3, 0.4) is 0 Å². The first-order valence-corrected chi connectivity index (χ1v) is 7.13. The largest absolute Gasteiger partial charge is 0.387 e. The molecule has 0 amide bonds. The number of β-amino-alcohol motifs (C(OH)–C–C–N with tert-alkyl or cyclic N) is 1. The number of methoxy groups -OCH3 is 1. The third-order valence-corrected chi connectivity index (χ3v) is 3.96. The molecule has 1 aromatic heterocycles. The maximum atomic E-state index is 10.4. The Hall–Kier alpha value is -0.530. The van der Waals surface area contributed by atoms with Gasteiger partial charge >= 0.3 is 0 Å². The zero-order valence-electron chi connectivity index (χ0n) is 10.8. The van der Waals surface area contributed by atoms with Crippen LogP contribution in [0.25, 0.3) is 0 Å². The van der Waals surface area contributed by atoms with Crippen molar-refractivity contribution < 1.29 is 9.84 Å². The standard InChI is InChI=1S/C12H21N3O2S/c1-17-6-5-15(8-11-14-4-7-18-11)10-12(16)2-3-13-9-12/h4,7,13,16H,2-3,5-6,8-10H2,1H3. The molecule has 1 saturated heterocycles. The zero-order chi connectivity index (χ0) is 12.8. The van der Waals surface area contributed by atoms with Crippen molar-refractivity contribution in [2.75, 3.05) is 39.9 Å². The summed E-state index contributed by atoms with van der Waals surface area (Å²) in [6.07, 6.45) is 2.63. The monoisotopic (exact) mass is 271 g/mol. The molecular formula is C12H21N3O2S. The molecule has 18 heavy (non-hydrogen) atoms. The van der Waals surface area contributed by atoms with Gasteiger partial charge in [-0.15, -0.1) is 11.3 Å². The van der Waals surface area contributed by atoms with Crippen molar-refractivity contribution in [1.29, 1.82) is 0 Å². The lowest BCUT2D eigenvalue weighted by molar-refractivity contribution is 0.0111. The summed E-state index contributed by atoms with van der Waals surface area (Å²) in [5, 5.41) is 16.7. The van der Waals surface area contributed by atoms with Crippen molar-refractivity contribution in [2.24, 2.45) is 0 Å². The van der Waals surface area contributed by atoms with Crippen LogP contribution < -0.4 is 5.32 Å². The van der Waals surface area contributed by atoms with Crippen molar-refractivity contribution in [1.82, 2.24) is 15.2 Å². The normalized spacial score (nSPS) is 23.9. The molecule has 1 fully saturated rings. The van der Waals surface area contributed by atoms with E-state index in [-0.39, 0.29) is 0 Å². The van der Waals surface area contributed by atoms with Crippen molar-refractivity contribution in [3.63, 3.8) is 0 Å². The molecule has 0 saturated carbocycles. The molecule has 1 aliphatic heterocycles. The van der Waals surface area contributed by atoms with Crippen LogP contribution >= 0.6 is 11.3 Å². The number of aliphatic hydroxyl groups is 1. The SMILES string of the molecule is COCCN(Cc1nccs1)CC1(O)CCNC1. The Bertz CT molecular complexity index is 339. The molecule has 0 aromatic carbocycles. The smallest absolute Gasteiger partial charge is 0.107 e. The minimum atomic E-state index is -0.606. The van der Waals surface area contributed by atoms with E-state index >= 15 is 0 Å². The summed E-state index contributed by atoms with van der Waals surface area (Å²) < 4.78 is 5.13. The minimum Gasteiger partial charge on any atom is -0.387 e. The van der Waals surface area contributed by atoms with E-state index in [9.17, 15) is 5.11 Å². The van der Waals surface area contributed by atoms with E-state index in [4.69, 9.17) is 4.74 Å². The quantitative estimate of drug-likeness (QED) is 0.748. The van der Waals surface area contributed by atoms with E-state index in [1.807, 2.05) is 11.6 Å². The molecule has 1 aromatic rings. The lowest BCUT2D eigenvalue weighted by Gasteiger charge is -2.30. The maximum Gasteiger partial charge on any atom is 0.107 e. The molecule has 2 heterocycles. The topological polar surface area (TPSA) is 57.6 Å². The van der Waals surface area contributed by atoms with Crippen LogP contribution in [0.1, 0.15) is 11.4 Å². The fraction of sp³-hybridized carbons (Fsp3) is 0.750. The lowest BCUT2D eigenvalue weighted by Crippen LogP contribution is -2.45. The van der Waals surface area contributed by atoms with Gasteiger partial charge in [-0.3, -0.25) is 4.90 Å². The molecule has 5 nitrogen and oxygen atoms in total. The molecule has 1 unspecified atom stereocenters. The van der Waals surface area contributed by atoms with Gasteiger partial charge in [-0.1, -0.05) is 0 Å². The first-order valence-electron chi connectivity index (χ1n) is 6.25. The van der Waals surface area contributed by atoms with Gasteiger partial charge in [0, 0.05) is 38.3 Å². The summed E-state index contributed by atoms with van der Waals surface area (Å²) in [6, 6.07) is 0. The van der Waals surface area contributed by atoms with Gasteiger partial charge in [0.25, 0.3) is 0 Å². The van der Waals surface area contributed by atoms with Gasteiger partial charge in [0.05, 0.1) is 18.8 Å². The number of hydrogen-bond acceptors (Lipinski definition) is 6. The molecule has 2 N–H and O–H groups in total. The summed E-state index contributed by atoms with van der Waals surface area (Å²) in [5.41, 5.74) is -0.606. The van der Waals surface area contributed by atoms with Crippen molar-refractivity contribution in [2.45, 2.75) is 18.6 Å². The number of rotatable bonds is 7. The molecule has 0 radical (unpaired) electrons. The van der Waals surface area contributed by atoms with Crippen molar-refractivity contribution in [3.05, 3.63) is 16.6 Å². The van der Waals surface area contributed by atoms with Crippen LogP contribution in [0.4, 0.5) is 0 Å². The second-order valence-electron chi connectivity index (χ2n) is 4.78. The second kappa shape index (κ2) is 6.58. The summed E-state index contributed by atoms with van der Waals surface area (Å²) in [5.74, 6) is 0. The highest BCUT2D eigenvalue weighted by Crippen LogP contribution is 2.18. The van der Waals surface area contributed by atoms with Gasteiger partial charge in [0.15, 0.2) is 0 Å². The third-order valence-electron chi connectivity index (χ3n) is 3.19. The van der Waals surface area contributed by atoms with Gasteiger partial charge in [-0.25, -0.2) is 4.98 Å². The molecule has 102 valence electrons. The van der Waals surface area contributed by atoms with Gasteiger partial charge in [-0.2, -0.15) is 0 Å². The molecule has 1 aliphatic rings. The predicted molar refractivity (Wildman–Crippen MR) is 71.7 cm³/mol. The van der Waals surface area contributed by atoms with Crippen molar-refractivity contribution >= 4 is 11.3 Å². The van der Waals surface area contributed by atoms with E-state index < -0.39 is 5.60 Å². The highest BCUT2D eigenvalue weighted by Gasteiger charge is 2.33. The molecule has 0 bridgehead atoms. The average Bonchev–Trinajstić information content (AvgIpc) is 2.98. The number of hydrogen-bond donors (Lipinski definition) is 2. The van der Waals surface area contributed by atoms with Crippen LogP contribution in [0.15, 0.2) is 11.6 Å². The lowest BCUT2D eigenvalue weighted by atomic mass is 10.0. The molecule has 0 spiro atoms. The van der Waals surface area contributed by atoms with Crippen LogP contribution in [0.5, 0.6) is 0 Å². The molecular weight excluding hydrogens is 250 g/mol. The fourth-order valence-corrected chi connectivity index (χ4v) is 2.90. The first-order chi connectivity index (χ1) is 8.72. The Morgan fingerprint density at radius 2 is 2.56 bits per heavy atom. The Kier molecular flexibility index (Phi) is 5.08. The van der Waals surface area contributed by atoms with Crippen LogP contribution in [0, 0.1) is 0 Å². The van der Waals surface area contributed by atoms with E-state index in [2.05, 4.69) is 15.2 Å². The average molecular weight is 271 g/mol. The third kappa shape index (κ3) is 4.00. The molecule has 6 heteroatoms. The maximum absolute atomic E-state index is 10.4. The van der Waals surface area contributed by atoms with E-state index in [1.54, 1.807) is 18.4 Å². The van der Waals surface area contributed by atoms with E-state index in [1.165, 1.54) is 0 Å². The molecule has 0 aliphatic carbocycles. The number of ether oxygens (including phenoxy) is 1. The van der Waals surface area contributed by atoms with Crippen LogP contribution in [-0.2, 0) is 11.3 Å². The number of aromatic nitrogens is 1. The summed E-state index contributed by atoms with van der Waals surface area (Å²) in [4.78, 5) is 6.52. The highest BCUT2D eigenvalue weighted by atomic mass is 32.1. The number of nitrogens with one attached hydrogen (secondary N) is 1. The van der Waals surface area contributed by atoms with Gasteiger partial charge in [0.2, 0.25) is 0 Å². The Morgan fingerprint density at radius 1 is 1.67 bits per heavy atom. The fourth-order valence-electron chi connectivity index (χ4n) is 2.24. The van der Waals surface area contributed by atoms with E-state index in [0.717, 1.165) is 31.1 Å². The van der Waals surface area contributed by atoms with Gasteiger partial charge in [-0.05, 0) is 13.0 Å². The Balaban J connectivity index is 1.91. The molecule has 2 rings (SSSR count). The number of nitrogens with zero attached hydrogens (tertiary/aromatic N) is 2. The van der Waals surface area contributed by atoms with Crippen LogP contribution in [0.2, 0.25) is 0 Å². The van der Waals surface area contributed by atoms with Gasteiger partial charge < -0.3 is 15.2 Å². The van der Waals surface area contributed by atoms with E-state index in [0.29, 0.717) is 19.7 Å². The van der Waals surface area contributed by atoms with Crippen molar-refractivity contribution in [3.8, 4) is 0 Å². The minimum absolute atomic E-state index is 0.606. The predicted octanol–water partition coefficient (Wildman–Crippen LogP) is 0.316. The Labute approximate surface area is 112 Å². The van der Waals surface area contributed by atoms with Crippen LogP contribution in [-0.4, -0.2) is 60.5 Å². The summed E-state index contributed by atoms with van der Waals surface area (Å²) >= 11 is 1.65. The first kappa shape index (κ1) is 13.9. The summed E-state index contributed by atoms with van der Waals surface area (Å²) in [7, 11) is 1.70. The Morgan fingerprint density at radius 3 is 3.17 bits per heavy atom. The van der Waals surface area contributed by atoms with Gasteiger partial charge in [0.1, 0.15) is 5.01 Å². The summed E-state index contributed by atoms with van der Waals surface area (Å²) in [6.45, 7) is 4.51. The second-order valence-corrected chi connectivity index (χ2v) is 5.76. The number of thiazole rings is 1.